The summed E-state index contributed by atoms with van der Waals surface area (Å²) in [5, 5.41) is 21.8. The van der Waals surface area contributed by atoms with Gasteiger partial charge in [-0.1, -0.05) is 40.2 Å². The fraction of sp³-hybridized carbons (Fsp3) is 0.0476. The first kappa shape index (κ1) is 21.2. The maximum Gasteiger partial charge on any atom is 0.263 e. The second kappa shape index (κ2) is 8.60. The van der Waals surface area contributed by atoms with Crippen molar-refractivity contribution in [2.24, 2.45) is 0 Å². The molecule has 0 bridgehead atoms. The highest BCUT2D eigenvalue weighted by Crippen LogP contribution is 2.28. The summed E-state index contributed by atoms with van der Waals surface area (Å²) in [5.41, 5.74) is 1.84. The Morgan fingerprint density at radius 1 is 0.839 bits per heavy atom. The third kappa shape index (κ3) is 4.83. The van der Waals surface area contributed by atoms with Crippen LogP contribution in [0.25, 0.3) is 11.0 Å². The lowest BCUT2D eigenvalue weighted by Gasteiger charge is -2.14. The van der Waals surface area contributed by atoms with Gasteiger partial charge in [-0.05, 0) is 48.5 Å². The minimum absolute atomic E-state index is 0.0107. The predicted molar refractivity (Wildman–Crippen MR) is 121 cm³/mol. The average molecular weight is 501 g/mol. The number of aromatic nitrogens is 2. The zero-order valence-electron chi connectivity index (χ0n) is 15.9. The lowest BCUT2D eigenvalue weighted by molar-refractivity contribution is -0.0424. The monoisotopic (exact) mass is 500 g/mol. The standard InChI is InChI=1S/C21H17BrN4O4S/c22-14-8-10-16(11-9-14)31(29,30)26-20-19(24-17-6-1-2-7-18(17)25-20)23-15-5-3-4-13(12-15)21(27)28/h1-12,21,27-28H,(H,23,24)(H,25,26). The van der Waals surface area contributed by atoms with Gasteiger partial charge in [-0.25, -0.2) is 18.4 Å². The summed E-state index contributed by atoms with van der Waals surface area (Å²) in [7, 11) is -3.93. The number of hydrogen-bond donors (Lipinski definition) is 4. The van der Waals surface area contributed by atoms with E-state index in [-0.39, 0.29) is 22.1 Å². The molecule has 0 saturated heterocycles. The van der Waals surface area contributed by atoms with Crippen molar-refractivity contribution in [2.45, 2.75) is 11.2 Å². The number of hydrogen-bond acceptors (Lipinski definition) is 7. The molecule has 8 nitrogen and oxygen atoms in total. The normalized spacial score (nSPS) is 11.6. The zero-order valence-corrected chi connectivity index (χ0v) is 18.3. The predicted octanol–water partition coefficient (Wildman–Crippen LogP) is 3.92. The van der Waals surface area contributed by atoms with Crippen molar-refractivity contribution in [1.82, 2.24) is 9.97 Å². The van der Waals surface area contributed by atoms with Crippen LogP contribution in [0, 0.1) is 0 Å². The van der Waals surface area contributed by atoms with Gasteiger partial charge >= 0.3 is 0 Å². The summed E-state index contributed by atoms with van der Waals surface area (Å²) < 4.78 is 29.1. The molecule has 4 N–H and O–H groups in total. The van der Waals surface area contributed by atoms with Crippen molar-refractivity contribution in [2.75, 3.05) is 10.0 Å². The summed E-state index contributed by atoms with van der Waals surface area (Å²) in [4.78, 5) is 9.01. The highest BCUT2D eigenvalue weighted by Gasteiger charge is 2.19. The molecule has 0 amide bonds. The molecule has 0 aliphatic carbocycles. The van der Waals surface area contributed by atoms with Gasteiger partial charge in [0.2, 0.25) is 0 Å². The zero-order chi connectivity index (χ0) is 22.0. The molecule has 4 aromatic rings. The van der Waals surface area contributed by atoms with E-state index in [0.29, 0.717) is 16.7 Å². The average Bonchev–Trinajstić information content (AvgIpc) is 2.74. The lowest BCUT2D eigenvalue weighted by atomic mass is 10.2. The van der Waals surface area contributed by atoms with Gasteiger partial charge in [0.15, 0.2) is 17.9 Å². The van der Waals surface area contributed by atoms with Crippen LogP contribution in [-0.4, -0.2) is 28.6 Å². The van der Waals surface area contributed by atoms with Crippen molar-refractivity contribution >= 4 is 54.3 Å². The number of fused-ring (bicyclic) bond motifs is 1. The molecular weight excluding hydrogens is 484 g/mol. The second-order valence-electron chi connectivity index (χ2n) is 6.59. The number of nitrogens with zero attached hydrogens (tertiary/aromatic N) is 2. The van der Waals surface area contributed by atoms with Crippen molar-refractivity contribution in [3.05, 3.63) is 82.8 Å². The van der Waals surface area contributed by atoms with Crippen molar-refractivity contribution in [3.63, 3.8) is 0 Å². The number of nitrogens with one attached hydrogen (secondary N) is 2. The quantitative estimate of drug-likeness (QED) is 0.295. The third-order valence-corrected chi connectivity index (χ3v) is 6.26. The van der Waals surface area contributed by atoms with Crippen molar-refractivity contribution in [1.29, 1.82) is 0 Å². The fourth-order valence-electron chi connectivity index (χ4n) is 2.87. The first-order chi connectivity index (χ1) is 14.8. The lowest BCUT2D eigenvalue weighted by Crippen LogP contribution is -2.16. The van der Waals surface area contributed by atoms with Crippen LogP contribution in [-0.2, 0) is 10.0 Å². The van der Waals surface area contributed by atoms with Gasteiger partial charge in [0.1, 0.15) is 0 Å². The SMILES string of the molecule is O=S(=O)(Nc1nc2ccccc2nc1Nc1cccc(C(O)O)c1)c1ccc(Br)cc1. The number of para-hydroxylation sites is 2. The molecule has 0 aliphatic rings. The number of halogens is 1. The number of anilines is 3. The Morgan fingerprint density at radius 3 is 2.13 bits per heavy atom. The Balaban J connectivity index is 1.76. The van der Waals surface area contributed by atoms with E-state index in [0.717, 1.165) is 4.47 Å². The van der Waals surface area contributed by atoms with Crippen LogP contribution in [0.2, 0.25) is 0 Å². The Morgan fingerprint density at radius 2 is 1.48 bits per heavy atom. The summed E-state index contributed by atoms with van der Waals surface area (Å²) in [6.45, 7) is 0. The molecule has 0 aliphatic heterocycles. The van der Waals surface area contributed by atoms with Gasteiger partial charge in [-0.3, -0.25) is 4.72 Å². The maximum atomic E-state index is 12.9. The maximum absolute atomic E-state index is 12.9. The van der Waals surface area contributed by atoms with Crippen LogP contribution in [0.1, 0.15) is 11.9 Å². The number of benzene rings is 3. The molecule has 0 radical (unpaired) electrons. The van der Waals surface area contributed by atoms with E-state index in [1.807, 2.05) is 0 Å². The van der Waals surface area contributed by atoms with Gasteiger partial charge in [-0.2, -0.15) is 0 Å². The number of sulfonamides is 1. The molecule has 1 aromatic heterocycles. The largest absolute Gasteiger partial charge is 0.364 e. The minimum Gasteiger partial charge on any atom is -0.364 e. The van der Waals surface area contributed by atoms with Crippen LogP contribution in [0.4, 0.5) is 17.3 Å². The Hall–Kier alpha value is -3.05. The fourth-order valence-corrected chi connectivity index (χ4v) is 4.15. The highest BCUT2D eigenvalue weighted by molar-refractivity contribution is 9.10. The Bertz CT molecular complexity index is 1350. The van der Waals surface area contributed by atoms with E-state index in [2.05, 4.69) is 35.9 Å². The van der Waals surface area contributed by atoms with E-state index in [4.69, 9.17) is 0 Å². The van der Waals surface area contributed by atoms with Crippen LogP contribution in [0.5, 0.6) is 0 Å². The van der Waals surface area contributed by atoms with Gasteiger partial charge in [0.05, 0.1) is 15.9 Å². The highest BCUT2D eigenvalue weighted by atomic mass is 79.9. The second-order valence-corrected chi connectivity index (χ2v) is 9.19. The van der Waals surface area contributed by atoms with Gasteiger partial charge in [0.25, 0.3) is 10.0 Å². The van der Waals surface area contributed by atoms with Gasteiger partial charge in [-0.15, -0.1) is 0 Å². The molecule has 31 heavy (non-hydrogen) atoms. The molecule has 0 atom stereocenters. The van der Waals surface area contributed by atoms with E-state index in [1.54, 1.807) is 54.6 Å². The molecule has 0 fully saturated rings. The molecule has 158 valence electrons. The molecule has 0 saturated carbocycles. The van der Waals surface area contributed by atoms with Crippen molar-refractivity contribution < 1.29 is 18.6 Å². The Labute approximate surface area is 186 Å². The van der Waals surface area contributed by atoms with Gasteiger partial charge < -0.3 is 15.5 Å². The van der Waals surface area contributed by atoms with Gasteiger partial charge in [0, 0.05) is 15.7 Å². The first-order valence-electron chi connectivity index (χ1n) is 9.10. The topological polar surface area (TPSA) is 124 Å². The third-order valence-electron chi connectivity index (χ3n) is 4.37. The minimum atomic E-state index is -3.93. The van der Waals surface area contributed by atoms with Crippen LogP contribution >= 0.6 is 15.9 Å². The molecule has 10 heteroatoms. The summed E-state index contributed by atoms with van der Waals surface area (Å²) >= 11 is 3.29. The summed E-state index contributed by atoms with van der Waals surface area (Å²) in [6.07, 6.45) is -1.64. The summed E-state index contributed by atoms with van der Waals surface area (Å²) in [6, 6.07) is 19.7. The summed E-state index contributed by atoms with van der Waals surface area (Å²) in [5.74, 6) is 0.181. The van der Waals surface area contributed by atoms with Crippen LogP contribution < -0.4 is 10.0 Å². The van der Waals surface area contributed by atoms with Crippen molar-refractivity contribution in [3.8, 4) is 0 Å². The molecule has 3 aromatic carbocycles. The molecule has 4 rings (SSSR count). The van der Waals surface area contributed by atoms with E-state index >= 15 is 0 Å². The van der Waals surface area contributed by atoms with Crippen LogP contribution in [0.3, 0.4) is 0 Å². The van der Waals surface area contributed by atoms with Crippen LogP contribution in [0.15, 0.2) is 82.2 Å². The molecule has 0 unspecified atom stereocenters. The molecular formula is C21H17BrN4O4S. The molecule has 1 heterocycles. The number of rotatable bonds is 6. The van der Waals surface area contributed by atoms with E-state index in [1.165, 1.54) is 18.2 Å². The van der Waals surface area contributed by atoms with E-state index in [9.17, 15) is 18.6 Å². The smallest absolute Gasteiger partial charge is 0.263 e. The Kier molecular flexibility index (Phi) is 5.88. The first-order valence-corrected chi connectivity index (χ1v) is 11.4. The number of aliphatic hydroxyl groups excluding tert-OH is 1. The van der Waals surface area contributed by atoms with E-state index < -0.39 is 16.3 Å². The number of aliphatic hydroxyl groups is 2. The molecule has 0 spiro atoms.